The van der Waals surface area contributed by atoms with E-state index in [-0.39, 0.29) is 5.78 Å². The van der Waals surface area contributed by atoms with Crippen molar-refractivity contribution in [3.63, 3.8) is 0 Å². The number of hydrogen-bond donors (Lipinski definition) is 0. The predicted octanol–water partition coefficient (Wildman–Crippen LogP) is 2.63. The Labute approximate surface area is 83.6 Å². The van der Waals surface area contributed by atoms with E-state index < -0.39 is 10.8 Å². The summed E-state index contributed by atoms with van der Waals surface area (Å²) in [6, 6.07) is 9.15. The third-order valence-electron chi connectivity index (χ3n) is 2.47. The van der Waals surface area contributed by atoms with Crippen LogP contribution in [0.1, 0.15) is 15.2 Å². The van der Waals surface area contributed by atoms with E-state index in [1.54, 1.807) is 17.5 Å². The summed E-state index contributed by atoms with van der Waals surface area (Å²) < 4.78 is 11.5. The van der Waals surface area contributed by atoms with Crippen molar-refractivity contribution in [2.75, 3.05) is 0 Å². The monoisotopic (exact) mass is 202 g/mol. The highest BCUT2D eigenvalue weighted by molar-refractivity contribution is 7.26. The Morgan fingerprint density at radius 3 is 2.50 bits per heavy atom. The Morgan fingerprint density at radius 1 is 1.00 bits per heavy atom. The topological polar surface area (TPSA) is 40.1 Å². The third kappa shape index (κ3) is 0.806. The fourth-order valence-electron chi connectivity index (χ4n) is 1.85. The molecule has 14 heavy (non-hydrogen) atoms. The van der Waals surface area contributed by atoms with Gasteiger partial charge >= 0.3 is 0 Å². The third-order valence-corrected chi connectivity index (χ3v) is 3.66. The second-order valence-electron chi connectivity index (χ2n) is 3.22. The highest BCUT2D eigenvalue weighted by atomic mass is 32.2. The minimum absolute atomic E-state index is 0.0843. The van der Waals surface area contributed by atoms with E-state index in [9.17, 15) is 9.35 Å². The van der Waals surface area contributed by atoms with Crippen LogP contribution in [0.25, 0.3) is 11.1 Å². The predicted molar refractivity (Wildman–Crippen MR) is 54.0 cm³/mol. The Bertz CT molecular complexity index is 540. The average molecular weight is 202 g/mol. The molecule has 0 amide bonds. The van der Waals surface area contributed by atoms with Crippen molar-refractivity contribution in [2.45, 2.75) is 0 Å². The van der Waals surface area contributed by atoms with Crippen molar-refractivity contribution in [1.29, 1.82) is 0 Å². The fourth-order valence-corrected chi connectivity index (χ4v) is 2.93. The molecule has 3 rings (SSSR count). The van der Waals surface area contributed by atoms with Gasteiger partial charge in [-0.15, -0.1) is 0 Å². The maximum Gasteiger partial charge on any atom is 0.246 e. The Balaban J connectivity index is 2.42. The standard InChI is InChI=1S/C11H6O2S/c12-10-8-4-2-1-3-7(8)9-5-6-14(13)11(9)10/h1-6H. The summed E-state index contributed by atoms with van der Waals surface area (Å²) in [7, 11) is -1.24. The number of carbonyl (C=O) groups excluding carboxylic acids is 1. The zero-order valence-electron chi connectivity index (χ0n) is 7.19. The summed E-state index contributed by atoms with van der Waals surface area (Å²) in [5.41, 5.74) is 2.42. The molecule has 0 bridgehead atoms. The zero-order valence-corrected chi connectivity index (χ0v) is 8.01. The molecule has 0 radical (unpaired) electrons. The van der Waals surface area contributed by atoms with Gasteiger partial charge in [-0.1, -0.05) is 24.3 Å². The molecule has 0 aliphatic heterocycles. The Kier molecular flexibility index (Phi) is 1.43. The van der Waals surface area contributed by atoms with Gasteiger partial charge in [0.15, 0.2) is 0 Å². The summed E-state index contributed by atoms with van der Waals surface area (Å²) in [5.74, 6) is -0.0843. The summed E-state index contributed by atoms with van der Waals surface area (Å²) in [6.45, 7) is 0. The zero-order chi connectivity index (χ0) is 9.71. The van der Waals surface area contributed by atoms with Gasteiger partial charge in [-0.25, -0.2) is 0 Å². The molecule has 0 N–H and O–H groups in total. The molecule has 1 unspecified atom stereocenters. The molecular formula is C11H6O2S. The first kappa shape index (κ1) is 7.91. The van der Waals surface area contributed by atoms with Gasteiger partial charge in [-0.05, 0) is 16.3 Å². The van der Waals surface area contributed by atoms with Gasteiger partial charge in [0.25, 0.3) is 0 Å². The SMILES string of the molecule is O=C1c2ccccc2-c2cc[s+]([O-])c21. The number of fused-ring (bicyclic) bond motifs is 3. The number of rotatable bonds is 0. The van der Waals surface area contributed by atoms with Crippen LogP contribution in [0.2, 0.25) is 0 Å². The number of benzene rings is 1. The number of carbonyl (C=O) groups is 1. The van der Waals surface area contributed by atoms with Crippen molar-refractivity contribution in [3.8, 4) is 11.1 Å². The van der Waals surface area contributed by atoms with Gasteiger partial charge in [-0.2, -0.15) is 0 Å². The summed E-state index contributed by atoms with van der Waals surface area (Å²) in [6.07, 6.45) is 0. The van der Waals surface area contributed by atoms with Crippen molar-refractivity contribution < 1.29 is 9.35 Å². The van der Waals surface area contributed by atoms with Crippen LogP contribution in [0, 0.1) is 0 Å². The summed E-state index contributed by atoms with van der Waals surface area (Å²) in [4.78, 5) is 12.2. The van der Waals surface area contributed by atoms with Gasteiger partial charge in [0, 0.05) is 11.6 Å². The molecule has 1 heterocycles. The van der Waals surface area contributed by atoms with E-state index >= 15 is 0 Å². The maximum atomic E-state index is 11.8. The van der Waals surface area contributed by atoms with E-state index in [0.29, 0.717) is 10.4 Å². The first-order valence-electron chi connectivity index (χ1n) is 4.26. The first-order chi connectivity index (χ1) is 6.79. The van der Waals surface area contributed by atoms with Gasteiger partial charge in [0.2, 0.25) is 10.7 Å². The minimum atomic E-state index is -1.24. The normalized spacial score (nSPS) is 14.1. The second kappa shape index (κ2) is 2.53. The number of ketones is 1. The van der Waals surface area contributed by atoms with Crippen LogP contribution in [0.4, 0.5) is 0 Å². The van der Waals surface area contributed by atoms with E-state index in [4.69, 9.17) is 0 Å². The van der Waals surface area contributed by atoms with Crippen LogP contribution in [0.15, 0.2) is 35.7 Å². The lowest BCUT2D eigenvalue weighted by molar-refractivity contribution is 0.104. The molecule has 1 atom stereocenters. The molecule has 0 saturated carbocycles. The fraction of sp³-hybridized carbons (Fsp3) is 0. The van der Waals surface area contributed by atoms with Crippen molar-refractivity contribution in [3.05, 3.63) is 46.2 Å². The molecule has 0 spiro atoms. The molecule has 2 nitrogen and oxygen atoms in total. The maximum absolute atomic E-state index is 11.8. The van der Waals surface area contributed by atoms with Crippen LogP contribution in [0.5, 0.6) is 0 Å². The molecule has 1 aliphatic rings. The van der Waals surface area contributed by atoms with E-state index in [2.05, 4.69) is 0 Å². The Hall–Kier alpha value is -1.45. The van der Waals surface area contributed by atoms with Crippen LogP contribution >= 0.6 is 10.8 Å². The smallest absolute Gasteiger partial charge is 0.246 e. The van der Waals surface area contributed by atoms with E-state index in [1.807, 2.05) is 18.2 Å². The molecule has 1 aromatic carbocycles. The van der Waals surface area contributed by atoms with Crippen molar-refractivity contribution in [2.24, 2.45) is 0 Å². The van der Waals surface area contributed by atoms with Gasteiger partial charge in [-0.3, -0.25) is 4.79 Å². The lowest BCUT2D eigenvalue weighted by Gasteiger charge is -1.93. The van der Waals surface area contributed by atoms with E-state index in [0.717, 1.165) is 11.1 Å². The molecule has 1 aromatic heterocycles. The molecular weight excluding hydrogens is 196 g/mol. The lowest BCUT2D eigenvalue weighted by Crippen LogP contribution is -1.93. The van der Waals surface area contributed by atoms with E-state index in [1.165, 1.54) is 0 Å². The molecule has 68 valence electrons. The second-order valence-corrected chi connectivity index (χ2v) is 4.49. The Morgan fingerprint density at radius 2 is 1.71 bits per heavy atom. The molecule has 0 fully saturated rings. The average Bonchev–Trinajstić information content (AvgIpc) is 2.70. The van der Waals surface area contributed by atoms with Gasteiger partial charge in [0.1, 0.15) is 5.38 Å². The largest absolute Gasteiger partial charge is 0.590 e. The highest BCUT2D eigenvalue weighted by Crippen LogP contribution is 2.42. The molecule has 1 aliphatic carbocycles. The molecule has 3 heteroatoms. The van der Waals surface area contributed by atoms with Crippen LogP contribution < -0.4 is 0 Å². The summed E-state index contributed by atoms with van der Waals surface area (Å²) >= 11 is 0. The molecule has 0 saturated heterocycles. The number of thiophene rings is 1. The number of hydrogen-bond acceptors (Lipinski definition) is 2. The van der Waals surface area contributed by atoms with Gasteiger partial charge < -0.3 is 4.55 Å². The highest BCUT2D eigenvalue weighted by Gasteiger charge is 2.33. The lowest BCUT2D eigenvalue weighted by atomic mass is 10.1. The quantitative estimate of drug-likeness (QED) is 0.526. The van der Waals surface area contributed by atoms with Crippen LogP contribution in [0.3, 0.4) is 0 Å². The first-order valence-corrected chi connectivity index (χ1v) is 5.47. The van der Waals surface area contributed by atoms with Crippen molar-refractivity contribution >= 4 is 16.5 Å². The summed E-state index contributed by atoms with van der Waals surface area (Å²) in [5, 5.41) is 1.57. The minimum Gasteiger partial charge on any atom is -0.590 e. The van der Waals surface area contributed by atoms with Crippen molar-refractivity contribution in [1.82, 2.24) is 0 Å². The van der Waals surface area contributed by atoms with Gasteiger partial charge in [0.05, 0.1) is 5.56 Å². The van der Waals surface area contributed by atoms with Crippen LogP contribution in [-0.4, -0.2) is 10.3 Å². The molecule has 2 aromatic rings. The van der Waals surface area contributed by atoms with Crippen LogP contribution in [-0.2, 0) is 0 Å².